The minimum atomic E-state index is 0.596. The Hall–Kier alpha value is -0.730. The number of nitrogens with one attached hydrogen (secondary N) is 1. The molecule has 0 radical (unpaired) electrons. The summed E-state index contributed by atoms with van der Waals surface area (Å²) < 4.78 is 0. The largest absolute Gasteiger partial charge is 0.368 e. The van der Waals surface area contributed by atoms with Crippen LogP contribution >= 0.6 is 11.6 Å². The molecule has 1 aliphatic rings. The zero-order chi connectivity index (χ0) is 14.4. The summed E-state index contributed by atoms with van der Waals surface area (Å²) in [5, 5.41) is 4.32. The molecule has 3 heteroatoms. The molecule has 1 aromatic rings. The van der Waals surface area contributed by atoms with E-state index in [1.54, 1.807) is 0 Å². The van der Waals surface area contributed by atoms with Crippen molar-refractivity contribution in [1.82, 2.24) is 5.32 Å². The minimum Gasteiger partial charge on any atom is -0.368 e. The Bertz CT molecular complexity index is 419. The number of nitrogens with zero attached hydrogens (tertiary/aromatic N) is 1. The molecule has 1 aromatic carbocycles. The summed E-state index contributed by atoms with van der Waals surface area (Å²) in [6, 6.07) is 7.13. The van der Waals surface area contributed by atoms with Crippen molar-refractivity contribution >= 4 is 17.3 Å². The van der Waals surface area contributed by atoms with E-state index in [-0.39, 0.29) is 0 Å². The van der Waals surface area contributed by atoms with Gasteiger partial charge in [-0.25, -0.2) is 0 Å². The van der Waals surface area contributed by atoms with E-state index in [4.69, 9.17) is 11.6 Å². The van der Waals surface area contributed by atoms with Crippen LogP contribution in [0, 0.1) is 0 Å². The molecule has 2 rings (SSSR count). The first-order chi connectivity index (χ1) is 9.72. The molecule has 1 saturated heterocycles. The highest BCUT2D eigenvalue weighted by Gasteiger charge is 2.19. The van der Waals surface area contributed by atoms with Crippen LogP contribution in [0.2, 0.25) is 5.02 Å². The molecule has 1 N–H and O–H groups in total. The highest BCUT2D eigenvalue weighted by molar-refractivity contribution is 6.33. The molecule has 0 aromatic heterocycles. The van der Waals surface area contributed by atoms with Crippen molar-refractivity contribution in [2.45, 2.75) is 58.5 Å². The summed E-state index contributed by atoms with van der Waals surface area (Å²) in [6.45, 7) is 7.60. The average molecular weight is 295 g/mol. The molecule has 0 aliphatic carbocycles. The van der Waals surface area contributed by atoms with Crippen LogP contribution in [0.15, 0.2) is 18.2 Å². The van der Waals surface area contributed by atoms with E-state index in [2.05, 4.69) is 42.3 Å². The van der Waals surface area contributed by atoms with Crippen LogP contribution in [0.5, 0.6) is 0 Å². The Morgan fingerprint density at radius 2 is 2.15 bits per heavy atom. The van der Waals surface area contributed by atoms with E-state index in [9.17, 15) is 0 Å². The van der Waals surface area contributed by atoms with Gasteiger partial charge in [0.15, 0.2) is 0 Å². The molecule has 1 unspecified atom stereocenters. The summed E-state index contributed by atoms with van der Waals surface area (Å²) in [5.74, 6) is 0. The van der Waals surface area contributed by atoms with Gasteiger partial charge in [-0.1, -0.05) is 37.4 Å². The molecule has 0 saturated carbocycles. The van der Waals surface area contributed by atoms with Gasteiger partial charge in [0, 0.05) is 19.1 Å². The summed E-state index contributed by atoms with van der Waals surface area (Å²) in [4.78, 5) is 2.48. The monoisotopic (exact) mass is 294 g/mol. The smallest absolute Gasteiger partial charge is 0.0642 e. The number of rotatable bonds is 5. The fourth-order valence-electron chi connectivity index (χ4n) is 2.94. The van der Waals surface area contributed by atoms with Crippen LogP contribution in [-0.2, 0) is 6.54 Å². The lowest BCUT2D eigenvalue weighted by Gasteiger charge is -2.30. The Labute approximate surface area is 128 Å². The first-order valence-corrected chi connectivity index (χ1v) is 8.36. The molecule has 0 spiro atoms. The van der Waals surface area contributed by atoms with Gasteiger partial charge in [-0.3, -0.25) is 0 Å². The molecule has 1 heterocycles. The quantitative estimate of drug-likeness (QED) is 0.798. The van der Waals surface area contributed by atoms with Crippen LogP contribution in [-0.4, -0.2) is 19.1 Å². The Morgan fingerprint density at radius 3 is 2.90 bits per heavy atom. The van der Waals surface area contributed by atoms with Gasteiger partial charge in [0.2, 0.25) is 0 Å². The zero-order valence-electron chi connectivity index (χ0n) is 12.8. The maximum Gasteiger partial charge on any atom is 0.0642 e. The fraction of sp³-hybridized carbons (Fsp3) is 0.647. The van der Waals surface area contributed by atoms with E-state index < -0.39 is 0 Å². The molecular formula is C17H27ClN2. The molecule has 20 heavy (non-hydrogen) atoms. The standard InChI is InChI=1S/C17H27ClN2/c1-3-10-19-13-15-8-9-17(16(18)12-15)20-11-6-4-5-7-14(20)2/h8-9,12,14,19H,3-7,10-11,13H2,1-2H3. The third-order valence-corrected chi connectivity index (χ3v) is 4.43. The molecule has 112 valence electrons. The Morgan fingerprint density at radius 1 is 1.30 bits per heavy atom. The lowest BCUT2D eigenvalue weighted by atomic mass is 10.1. The molecule has 1 fully saturated rings. The first-order valence-electron chi connectivity index (χ1n) is 7.98. The molecule has 0 amide bonds. The van der Waals surface area contributed by atoms with Gasteiger partial charge in [-0.2, -0.15) is 0 Å². The number of hydrogen-bond donors (Lipinski definition) is 1. The van der Waals surface area contributed by atoms with E-state index >= 15 is 0 Å². The lowest BCUT2D eigenvalue weighted by molar-refractivity contribution is 0.616. The number of anilines is 1. The van der Waals surface area contributed by atoms with Crippen molar-refractivity contribution in [3.05, 3.63) is 28.8 Å². The molecule has 1 atom stereocenters. The zero-order valence-corrected chi connectivity index (χ0v) is 13.5. The second kappa shape index (κ2) is 7.90. The normalized spacial score (nSPS) is 19.9. The van der Waals surface area contributed by atoms with Crippen LogP contribution in [0.4, 0.5) is 5.69 Å². The predicted molar refractivity (Wildman–Crippen MR) is 88.7 cm³/mol. The van der Waals surface area contributed by atoms with Crippen molar-refractivity contribution in [2.24, 2.45) is 0 Å². The van der Waals surface area contributed by atoms with E-state index in [0.29, 0.717) is 6.04 Å². The van der Waals surface area contributed by atoms with Crippen LogP contribution < -0.4 is 10.2 Å². The second-order valence-corrected chi connectivity index (χ2v) is 6.26. The van der Waals surface area contributed by atoms with Crippen LogP contribution in [0.25, 0.3) is 0 Å². The van der Waals surface area contributed by atoms with E-state index in [1.807, 2.05) is 0 Å². The highest BCUT2D eigenvalue weighted by atomic mass is 35.5. The SMILES string of the molecule is CCCNCc1ccc(N2CCCCCC2C)c(Cl)c1. The predicted octanol–water partition coefficient (Wildman–Crippen LogP) is 4.61. The fourth-order valence-corrected chi connectivity index (χ4v) is 3.25. The van der Waals surface area contributed by atoms with Crippen molar-refractivity contribution in [1.29, 1.82) is 0 Å². The molecule has 0 bridgehead atoms. The number of benzene rings is 1. The van der Waals surface area contributed by atoms with Crippen molar-refractivity contribution in [3.63, 3.8) is 0 Å². The van der Waals surface area contributed by atoms with Gasteiger partial charge < -0.3 is 10.2 Å². The van der Waals surface area contributed by atoms with Gasteiger partial charge >= 0.3 is 0 Å². The number of hydrogen-bond acceptors (Lipinski definition) is 2. The van der Waals surface area contributed by atoms with E-state index in [0.717, 1.165) is 31.1 Å². The van der Waals surface area contributed by atoms with Crippen LogP contribution in [0.3, 0.4) is 0 Å². The van der Waals surface area contributed by atoms with Crippen molar-refractivity contribution in [2.75, 3.05) is 18.0 Å². The minimum absolute atomic E-state index is 0.596. The number of halogens is 1. The molecule has 1 aliphatic heterocycles. The van der Waals surface area contributed by atoms with Gasteiger partial charge in [-0.05, 0) is 50.4 Å². The summed E-state index contributed by atoms with van der Waals surface area (Å²) in [6.07, 6.45) is 6.40. The third kappa shape index (κ3) is 4.13. The van der Waals surface area contributed by atoms with Crippen LogP contribution in [0.1, 0.15) is 51.5 Å². The van der Waals surface area contributed by atoms with Gasteiger partial charge in [0.05, 0.1) is 10.7 Å². The average Bonchev–Trinajstić information content (AvgIpc) is 2.64. The van der Waals surface area contributed by atoms with Crippen molar-refractivity contribution in [3.8, 4) is 0 Å². The van der Waals surface area contributed by atoms with Gasteiger partial charge in [-0.15, -0.1) is 0 Å². The Kier molecular flexibility index (Phi) is 6.18. The molecule has 2 nitrogen and oxygen atoms in total. The summed E-state index contributed by atoms with van der Waals surface area (Å²) in [5.41, 5.74) is 2.48. The van der Waals surface area contributed by atoms with Gasteiger partial charge in [0.25, 0.3) is 0 Å². The maximum atomic E-state index is 6.52. The Balaban J connectivity index is 2.07. The second-order valence-electron chi connectivity index (χ2n) is 5.85. The third-order valence-electron chi connectivity index (χ3n) is 4.13. The van der Waals surface area contributed by atoms with E-state index in [1.165, 1.54) is 36.9 Å². The topological polar surface area (TPSA) is 15.3 Å². The summed E-state index contributed by atoms with van der Waals surface area (Å²) in [7, 11) is 0. The maximum absolute atomic E-state index is 6.52. The van der Waals surface area contributed by atoms with Gasteiger partial charge in [0.1, 0.15) is 0 Å². The first kappa shape index (κ1) is 15.7. The van der Waals surface area contributed by atoms with Crippen molar-refractivity contribution < 1.29 is 0 Å². The lowest BCUT2D eigenvalue weighted by Crippen LogP contribution is -2.32. The summed E-state index contributed by atoms with van der Waals surface area (Å²) >= 11 is 6.52. The molecular weight excluding hydrogens is 268 g/mol. The highest BCUT2D eigenvalue weighted by Crippen LogP contribution is 2.31.